The Bertz CT molecular complexity index is 541. The molecule has 2 aromatic carbocycles. The normalized spacial score (nSPS) is 12.5. The summed E-state index contributed by atoms with van der Waals surface area (Å²) >= 11 is 2.34. The summed E-state index contributed by atoms with van der Waals surface area (Å²) in [6.07, 6.45) is 4.74. The first-order valence-electron chi connectivity index (χ1n) is 8.90. The Morgan fingerprint density at radius 1 is 0.833 bits per heavy atom. The fraction of sp³-hybridized carbons (Fsp3) is 0.429. The van der Waals surface area contributed by atoms with Crippen molar-refractivity contribution in [1.82, 2.24) is 4.90 Å². The largest absolute Gasteiger partial charge is 0.292 e. The van der Waals surface area contributed by atoms with E-state index in [-0.39, 0.29) is 11.9 Å². The van der Waals surface area contributed by atoms with Gasteiger partial charge in [-0.3, -0.25) is 4.90 Å². The number of hydrogen-bond acceptors (Lipinski definition) is 1. The van der Waals surface area contributed by atoms with E-state index < -0.39 is 0 Å². The third kappa shape index (κ3) is 5.55. The molecule has 0 aromatic heterocycles. The van der Waals surface area contributed by atoms with Crippen LogP contribution >= 0.6 is 22.6 Å². The highest BCUT2D eigenvalue weighted by Gasteiger charge is 2.21. The molecule has 24 heavy (non-hydrogen) atoms. The Kier molecular flexibility index (Phi) is 8.19. The van der Waals surface area contributed by atoms with Crippen LogP contribution in [0.1, 0.15) is 56.7 Å². The third-order valence-corrected chi connectivity index (χ3v) is 5.05. The van der Waals surface area contributed by atoms with Crippen LogP contribution < -0.4 is 0 Å². The summed E-state index contributed by atoms with van der Waals surface area (Å²) in [4.78, 5) is 2.56. The third-order valence-electron chi connectivity index (χ3n) is 4.33. The first kappa shape index (κ1) is 19.4. The topological polar surface area (TPSA) is 3.24 Å². The molecule has 0 heterocycles. The number of benzene rings is 2. The van der Waals surface area contributed by atoms with Crippen molar-refractivity contribution in [3.8, 4) is 0 Å². The zero-order valence-electron chi connectivity index (χ0n) is 14.6. The molecule has 0 aliphatic heterocycles. The van der Waals surface area contributed by atoms with Crippen molar-refractivity contribution in [3.63, 3.8) is 0 Å². The van der Waals surface area contributed by atoms with Gasteiger partial charge < -0.3 is 0 Å². The van der Waals surface area contributed by atoms with E-state index in [1.54, 1.807) is 12.1 Å². The molecule has 0 bridgehead atoms. The van der Waals surface area contributed by atoms with Gasteiger partial charge in [0.2, 0.25) is 0 Å². The molecule has 1 atom stereocenters. The van der Waals surface area contributed by atoms with Gasteiger partial charge in [0.25, 0.3) is 0 Å². The molecule has 0 saturated carbocycles. The Balaban J connectivity index is 2.38. The van der Waals surface area contributed by atoms with Crippen molar-refractivity contribution in [2.24, 2.45) is 0 Å². The summed E-state index contributed by atoms with van der Waals surface area (Å²) in [7, 11) is 0. The Morgan fingerprint density at radius 2 is 1.29 bits per heavy atom. The van der Waals surface area contributed by atoms with Gasteiger partial charge in [-0.25, -0.2) is 4.39 Å². The second-order valence-corrected chi connectivity index (χ2v) is 7.49. The fourth-order valence-corrected chi connectivity index (χ4v) is 3.36. The van der Waals surface area contributed by atoms with E-state index >= 15 is 0 Å². The van der Waals surface area contributed by atoms with E-state index in [1.807, 2.05) is 12.1 Å². The lowest BCUT2D eigenvalue weighted by molar-refractivity contribution is 0.218. The fourth-order valence-electron chi connectivity index (χ4n) is 3.00. The minimum atomic E-state index is -0.172. The van der Waals surface area contributed by atoms with Gasteiger partial charge in [-0.1, -0.05) is 51.0 Å². The highest BCUT2D eigenvalue weighted by molar-refractivity contribution is 14.1. The van der Waals surface area contributed by atoms with Gasteiger partial charge in [-0.05, 0) is 83.9 Å². The second kappa shape index (κ2) is 10.1. The molecule has 0 amide bonds. The average Bonchev–Trinajstić information content (AvgIpc) is 2.60. The summed E-state index contributed by atoms with van der Waals surface area (Å²) in [5.74, 6) is -0.172. The zero-order valence-corrected chi connectivity index (χ0v) is 16.8. The van der Waals surface area contributed by atoms with Gasteiger partial charge in [-0.15, -0.1) is 0 Å². The van der Waals surface area contributed by atoms with Gasteiger partial charge in [0.15, 0.2) is 0 Å². The van der Waals surface area contributed by atoms with Gasteiger partial charge in [-0.2, -0.15) is 0 Å². The molecule has 130 valence electrons. The first-order chi connectivity index (χ1) is 11.7. The molecule has 0 fully saturated rings. The second-order valence-electron chi connectivity index (χ2n) is 6.25. The van der Waals surface area contributed by atoms with Crippen molar-refractivity contribution in [2.45, 2.75) is 45.6 Å². The minimum absolute atomic E-state index is 0.172. The number of nitrogens with zero attached hydrogens (tertiary/aromatic N) is 1. The van der Waals surface area contributed by atoms with Gasteiger partial charge >= 0.3 is 0 Å². The monoisotopic (exact) mass is 439 g/mol. The number of unbranched alkanes of at least 4 members (excludes halogenated alkanes) is 2. The SMILES string of the molecule is CCCCN(CCCC)C(c1ccc(F)cc1)c1ccc(I)cc1. The van der Waals surface area contributed by atoms with Crippen LogP contribution in [0.3, 0.4) is 0 Å². The van der Waals surface area contributed by atoms with Crippen LogP contribution in [-0.4, -0.2) is 18.0 Å². The van der Waals surface area contributed by atoms with Crippen LogP contribution in [0.4, 0.5) is 4.39 Å². The van der Waals surface area contributed by atoms with E-state index in [0.717, 1.165) is 13.1 Å². The smallest absolute Gasteiger partial charge is 0.123 e. The highest BCUT2D eigenvalue weighted by atomic mass is 127. The maximum absolute atomic E-state index is 13.4. The van der Waals surface area contributed by atoms with E-state index in [9.17, 15) is 4.39 Å². The maximum Gasteiger partial charge on any atom is 0.123 e. The summed E-state index contributed by atoms with van der Waals surface area (Å²) in [5.41, 5.74) is 2.46. The maximum atomic E-state index is 13.4. The molecule has 2 aromatic rings. The van der Waals surface area contributed by atoms with Crippen LogP contribution in [0.2, 0.25) is 0 Å². The predicted molar refractivity (Wildman–Crippen MR) is 109 cm³/mol. The summed E-state index contributed by atoms with van der Waals surface area (Å²) in [6.45, 7) is 6.61. The van der Waals surface area contributed by atoms with Crippen LogP contribution in [0.15, 0.2) is 48.5 Å². The number of hydrogen-bond donors (Lipinski definition) is 0. The molecule has 3 heteroatoms. The molecule has 2 rings (SSSR count). The van der Waals surface area contributed by atoms with Gasteiger partial charge in [0, 0.05) is 3.57 Å². The summed E-state index contributed by atoms with van der Waals surface area (Å²) < 4.78 is 14.6. The molecule has 0 spiro atoms. The lowest BCUT2D eigenvalue weighted by Crippen LogP contribution is -2.31. The van der Waals surface area contributed by atoms with E-state index in [0.29, 0.717) is 0 Å². The Morgan fingerprint density at radius 3 is 1.75 bits per heavy atom. The first-order valence-corrected chi connectivity index (χ1v) is 9.98. The highest BCUT2D eigenvalue weighted by Crippen LogP contribution is 2.30. The molecule has 1 unspecified atom stereocenters. The van der Waals surface area contributed by atoms with E-state index in [2.05, 4.69) is 65.6 Å². The average molecular weight is 439 g/mol. The predicted octanol–water partition coefficient (Wildman–Crippen LogP) is 6.42. The molecule has 1 nitrogen and oxygen atoms in total. The zero-order chi connectivity index (χ0) is 17.4. The minimum Gasteiger partial charge on any atom is -0.292 e. The lowest BCUT2D eigenvalue weighted by Gasteiger charge is -2.33. The van der Waals surface area contributed by atoms with E-state index in [4.69, 9.17) is 0 Å². The summed E-state index contributed by atoms with van der Waals surface area (Å²) in [6, 6.07) is 15.9. The Hall–Kier alpha value is -0.940. The number of halogens is 2. The molecule has 0 aliphatic rings. The lowest BCUT2D eigenvalue weighted by atomic mass is 9.96. The quantitative estimate of drug-likeness (QED) is 0.408. The molecular weight excluding hydrogens is 412 g/mol. The summed E-state index contributed by atoms with van der Waals surface area (Å²) in [5, 5.41) is 0. The van der Waals surface area contributed by atoms with Crippen molar-refractivity contribution in [1.29, 1.82) is 0 Å². The van der Waals surface area contributed by atoms with Crippen molar-refractivity contribution in [3.05, 3.63) is 69.0 Å². The molecule has 0 N–H and O–H groups in total. The molecule has 0 aliphatic carbocycles. The van der Waals surface area contributed by atoms with Crippen LogP contribution in [0.5, 0.6) is 0 Å². The molecule has 0 radical (unpaired) electrons. The van der Waals surface area contributed by atoms with Crippen molar-refractivity contribution < 1.29 is 4.39 Å². The van der Waals surface area contributed by atoms with Crippen molar-refractivity contribution in [2.75, 3.05) is 13.1 Å². The van der Waals surface area contributed by atoms with Crippen LogP contribution in [0, 0.1) is 9.39 Å². The van der Waals surface area contributed by atoms with E-state index in [1.165, 1.54) is 40.4 Å². The van der Waals surface area contributed by atoms with Crippen molar-refractivity contribution >= 4 is 22.6 Å². The van der Waals surface area contributed by atoms with Crippen LogP contribution in [-0.2, 0) is 0 Å². The standard InChI is InChI=1S/C21H27FIN/c1-3-5-15-24(16-6-4-2)21(17-7-11-19(22)12-8-17)18-9-13-20(23)14-10-18/h7-14,21H,3-6,15-16H2,1-2H3. The molecule has 0 saturated heterocycles. The van der Waals surface area contributed by atoms with Gasteiger partial charge in [0.1, 0.15) is 5.82 Å². The van der Waals surface area contributed by atoms with Crippen LogP contribution in [0.25, 0.3) is 0 Å². The number of rotatable bonds is 9. The van der Waals surface area contributed by atoms with Gasteiger partial charge in [0.05, 0.1) is 6.04 Å². The Labute approximate surface area is 159 Å². The molecular formula is C21H27FIN.